The zero-order valence-electron chi connectivity index (χ0n) is 17.2. The molecular formula is C19H34IN5O2S. The maximum absolute atomic E-state index is 12.4. The van der Waals surface area contributed by atoms with Crippen LogP contribution < -0.4 is 10.6 Å². The van der Waals surface area contributed by atoms with Crippen molar-refractivity contribution in [2.24, 2.45) is 4.99 Å². The second-order valence-electron chi connectivity index (χ2n) is 6.76. The molecule has 0 bridgehead atoms. The van der Waals surface area contributed by atoms with Crippen molar-refractivity contribution >= 4 is 47.2 Å². The number of nitrogens with one attached hydrogen (secondary N) is 2. The zero-order chi connectivity index (χ0) is 19.5. The maximum atomic E-state index is 12.4. The first kappa shape index (κ1) is 25.1. The van der Waals surface area contributed by atoms with Crippen molar-refractivity contribution in [3.63, 3.8) is 0 Å². The molecule has 0 radical (unpaired) electrons. The molecule has 9 heteroatoms. The van der Waals surface area contributed by atoms with Crippen molar-refractivity contribution in [3.05, 3.63) is 21.9 Å². The number of thiophene rings is 1. The van der Waals surface area contributed by atoms with E-state index < -0.39 is 0 Å². The number of aliphatic imine (C=N–C) groups is 1. The Morgan fingerprint density at radius 3 is 2.89 bits per heavy atom. The van der Waals surface area contributed by atoms with Gasteiger partial charge in [-0.1, -0.05) is 0 Å². The van der Waals surface area contributed by atoms with Gasteiger partial charge in [0.15, 0.2) is 5.96 Å². The average molecular weight is 523 g/mol. The number of amides is 1. The van der Waals surface area contributed by atoms with E-state index in [0.717, 1.165) is 58.1 Å². The minimum absolute atomic E-state index is 0. The molecule has 0 saturated carbocycles. The van der Waals surface area contributed by atoms with E-state index in [2.05, 4.69) is 39.0 Å². The molecular weight excluding hydrogens is 489 g/mol. The lowest BCUT2D eigenvalue weighted by molar-refractivity contribution is -0.131. The molecule has 1 aliphatic heterocycles. The highest BCUT2D eigenvalue weighted by atomic mass is 127. The molecule has 28 heavy (non-hydrogen) atoms. The SMILES string of the molecule is CN=C(NCCC(=O)N1CCc2sccc2C1)NCCN(C)CCCOC.I. The molecule has 1 aliphatic rings. The molecule has 0 aromatic carbocycles. The predicted molar refractivity (Wildman–Crippen MR) is 127 cm³/mol. The number of halogens is 1. The lowest BCUT2D eigenvalue weighted by Crippen LogP contribution is -2.43. The number of hydrogen-bond acceptors (Lipinski definition) is 5. The number of guanidine groups is 1. The largest absolute Gasteiger partial charge is 0.385 e. The highest BCUT2D eigenvalue weighted by Crippen LogP contribution is 2.24. The Hall–Kier alpha value is -0.910. The normalized spacial score (nSPS) is 13.9. The summed E-state index contributed by atoms with van der Waals surface area (Å²) in [7, 11) is 5.58. The van der Waals surface area contributed by atoms with Crippen molar-refractivity contribution < 1.29 is 9.53 Å². The summed E-state index contributed by atoms with van der Waals surface area (Å²) < 4.78 is 5.07. The van der Waals surface area contributed by atoms with Crippen LogP contribution >= 0.6 is 35.3 Å². The molecule has 1 aromatic heterocycles. The number of nitrogens with zero attached hydrogens (tertiary/aromatic N) is 3. The Morgan fingerprint density at radius 1 is 1.36 bits per heavy atom. The van der Waals surface area contributed by atoms with E-state index in [1.807, 2.05) is 4.90 Å². The highest BCUT2D eigenvalue weighted by molar-refractivity contribution is 14.0. The minimum Gasteiger partial charge on any atom is -0.385 e. The maximum Gasteiger partial charge on any atom is 0.224 e. The molecule has 0 saturated heterocycles. The third-order valence-corrected chi connectivity index (χ3v) is 5.71. The molecule has 160 valence electrons. The second-order valence-corrected chi connectivity index (χ2v) is 7.76. The third-order valence-electron chi connectivity index (χ3n) is 4.69. The Kier molecular flexibility index (Phi) is 12.7. The van der Waals surface area contributed by atoms with Gasteiger partial charge in [-0.05, 0) is 36.9 Å². The molecule has 2 N–H and O–H groups in total. The van der Waals surface area contributed by atoms with Crippen LogP contribution in [0.5, 0.6) is 0 Å². The number of carbonyl (C=O) groups is 1. The topological polar surface area (TPSA) is 69.2 Å². The highest BCUT2D eigenvalue weighted by Gasteiger charge is 2.20. The first-order valence-corrected chi connectivity index (χ1v) is 10.5. The average Bonchev–Trinajstić information content (AvgIpc) is 3.14. The van der Waals surface area contributed by atoms with Crippen LogP contribution in [0.1, 0.15) is 23.3 Å². The predicted octanol–water partition coefficient (Wildman–Crippen LogP) is 1.77. The second kappa shape index (κ2) is 14.1. The summed E-state index contributed by atoms with van der Waals surface area (Å²) in [5.41, 5.74) is 1.31. The molecule has 2 heterocycles. The fraction of sp³-hybridized carbons (Fsp3) is 0.684. The van der Waals surface area contributed by atoms with Crippen LogP contribution in [-0.2, 0) is 22.5 Å². The minimum atomic E-state index is 0. The summed E-state index contributed by atoms with van der Waals surface area (Å²) in [4.78, 5) is 22.3. The molecule has 0 aliphatic carbocycles. The van der Waals surface area contributed by atoms with Gasteiger partial charge in [-0.2, -0.15) is 0 Å². The van der Waals surface area contributed by atoms with E-state index >= 15 is 0 Å². The van der Waals surface area contributed by atoms with E-state index in [4.69, 9.17) is 4.74 Å². The number of likely N-dealkylation sites (N-methyl/N-ethyl adjacent to an activating group) is 1. The van der Waals surface area contributed by atoms with Gasteiger partial charge in [-0.3, -0.25) is 9.79 Å². The quantitative estimate of drug-likeness (QED) is 0.212. The van der Waals surface area contributed by atoms with Gasteiger partial charge in [0, 0.05) is 71.3 Å². The summed E-state index contributed by atoms with van der Waals surface area (Å²) in [5, 5.41) is 8.65. The van der Waals surface area contributed by atoms with Crippen molar-refractivity contribution in [1.82, 2.24) is 20.4 Å². The van der Waals surface area contributed by atoms with Crippen molar-refractivity contribution in [2.75, 3.05) is 60.5 Å². The van der Waals surface area contributed by atoms with Crippen LogP contribution in [0.25, 0.3) is 0 Å². The van der Waals surface area contributed by atoms with Crippen LogP contribution in [0.3, 0.4) is 0 Å². The van der Waals surface area contributed by atoms with Crippen LogP contribution in [0, 0.1) is 0 Å². The molecule has 0 spiro atoms. The Morgan fingerprint density at radius 2 is 2.14 bits per heavy atom. The fourth-order valence-electron chi connectivity index (χ4n) is 3.08. The smallest absolute Gasteiger partial charge is 0.224 e. The van der Waals surface area contributed by atoms with Crippen molar-refractivity contribution in [1.29, 1.82) is 0 Å². The molecule has 0 atom stereocenters. The first-order valence-electron chi connectivity index (χ1n) is 9.59. The van der Waals surface area contributed by atoms with Crippen LogP contribution in [0.15, 0.2) is 16.4 Å². The summed E-state index contributed by atoms with van der Waals surface area (Å²) >= 11 is 1.79. The van der Waals surface area contributed by atoms with E-state index in [-0.39, 0.29) is 29.9 Å². The number of ether oxygens (including phenoxy) is 1. The van der Waals surface area contributed by atoms with Crippen LogP contribution in [-0.4, -0.2) is 82.2 Å². The van der Waals surface area contributed by atoms with Gasteiger partial charge >= 0.3 is 0 Å². The van der Waals surface area contributed by atoms with Gasteiger partial charge in [0.25, 0.3) is 0 Å². The summed E-state index contributed by atoms with van der Waals surface area (Å²) in [6.45, 7) is 5.71. The monoisotopic (exact) mass is 523 g/mol. The number of methoxy groups -OCH3 is 1. The first-order chi connectivity index (χ1) is 13.1. The van der Waals surface area contributed by atoms with E-state index in [1.165, 1.54) is 10.4 Å². The fourth-order valence-corrected chi connectivity index (χ4v) is 3.97. The van der Waals surface area contributed by atoms with Crippen LogP contribution in [0.4, 0.5) is 0 Å². The summed E-state index contributed by atoms with van der Waals surface area (Å²) in [5.74, 6) is 0.944. The Labute approximate surface area is 189 Å². The van der Waals surface area contributed by atoms with Crippen molar-refractivity contribution in [3.8, 4) is 0 Å². The van der Waals surface area contributed by atoms with Crippen LogP contribution in [0.2, 0.25) is 0 Å². The zero-order valence-corrected chi connectivity index (χ0v) is 20.3. The number of hydrogen-bond donors (Lipinski definition) is 2. The molecule has 0 fully saturated rings. The van der Waals surface area contributed by atoms with Gasteiger partial charge < -0.3 is 25.2 Å². The van der Waals surface area contributed by atoms with Gasteiger partial charge in [0.2, 0.25) is 5.91 Å². The third kappa shape index (κ3) is 8.62. The van der Waals surface area contributed by atoms with Gasteiger partial charge in [0.1, 0.15) is 0 Å². The van der Waals surface area contributed by atoms with Gasteiger partial charge in [0.05, 0.1) is 0 Å². The van der Waals surface area contributed by atoms with Crippen molar-refractivity contribution in [2.45, 2.75) is 25.8 Å². The lowest BCUT2D eigenvalue weighted by atomic mass is 10.1. The van der Waals surface area contributed by atoms with E-state index in [9.17, 15) is 4.79 Å². The number of fused-ring (bicyclic) bond motifs is 1. The molecule has 1 amide bonds. The van der Waals surface area contributed by atoms with E-state index in [0.29, 0.717) is 13.0 Å². The Bertz CT molecular complexity index is 611. The Balaban J connectivity index is 0.00000392. The van der Waals surface area contributed by atoms with Gasteiger partial charge in [-0.25, -0.2) is 0 Å². The van der Waals surface area contributed by atoms with Gasteiger partial charge in [-0.15, -0.1) is 35.3 Å². The molecule has 0 unspecified atom stereocenters. The number of rotatable bonds is 10. The van der Waals surface area contributed by atoms with E-state index in [1.54, 1.807) is 25.5 Å². The standard InChI is InChI=1S/C19H33N5O2S.HI/c1-20-19(22-9-12-23(2)10-4-13-26-3)21-8-5-18(25)24-11-6-17-16(15-24)7-14-27-17;/h7,14H,4-6,8-13,15H2,1-3H3,(H2,20,21,22);1H. The molecule has 2 rings (SSSR count). The molecule has 7 nitrogen and oxygen atoms in total. The summed E-state index contributed by atoms with van der Waals surface area (Å²) in [6.07, 6.45) is 2.50. The molecule has 1 aromatic rings. The number of carbonyl (C=O) groups excluding carboxylic acids is 1. The lowest BCUT2D eigenvalue weighted by Gasteiger charge is -2.27. The summed E-state index contributed by atoms with van der Waals surface area (Å²) in [6, 6.07) is 2.13.